The number of hydrogen-bond acceptors (Lipinski definition) is 3. The number of rotatable bonds is 5. The molecule has 1 heterocycles. The van der Waals surface area contributed by atoms with Gasteiger partial charge in [0.05, 0.1) is 13.2 Å². The summed E-state index contributed by atoms with van der Waals surface area (Å²) in [4.78, 5) is 14.6. The molecular formula is C9H17FN2O. The van der Waals surface area contributed by atoms with Crippen molar-refractivity contribution in [3.05, 3.63) is 0 Å². The van der Waals surface area contributed by atoms with Crippen molar-refractivity contribution < 1.29 is 9.18 Å². The summed E-state index contributed by atoms with van der Waals surface area (Å²) in [6, 6.07) is 0. The van der Waals surface area contributed by atoms with E-state index in [1.54, 1.807) is 0 Å². The molecule has 0 aromatic rings. The number of carbonyl (C=O) groups is 1. The van der Waals surface area contributed by atoms with E-state index in [9.17, 15) is 9.18 Å². The summed E-state index contributed by atoms with van der Waals surface area (Å²) >= 11 is 0. The van der Waals surface area contributed by atoms with Crippen LogP contribution in [0.3, 0.4) is 0 Å². The van der Waals surface area contributed by atoms with Crippen molar-refractivity contribution in [3.63, 3.8) is 0 Å². The molecule has 1 rings (SSSR count). The monoisotopic (exact) mass is 188 g/mol. The Morgan fingerprint density at radius 1 is 1.15 bits per heavy atom. The molecule has 4 heteroatoms. The van der Waals surface area contributed by atoms with E-state index >= 15 is 0 Å². The van der Waals surface area contributed by atoms with E-state index in [4.69, 9.17) is 0 Å². The lowest BCUT2D eigenvalue weighted by Gasteiger charge is -2.33. The molecule has 1 aliphatic rings. The standard InChI is InChI=1S/C9H17FN2O/c10-2-1-3-11-4-6-12(7-5-11)8-9-13/h9H,1-8H2. The molecule has 0 bridgehead atoms. The first-order valence-corrected chi connectivity index (χ1v) is 4.81. The van der Waals surface area contributed by atoms with Crippen molar-refractivity contribution in [3.8, 4) is 0 Å². The number of nitrogens with zero attached hydrogens (tertiary/aromatic N) is 2. The Morgan fingerprint density at radius 3 is 2.31 bits per heavy atom. The number of piperazine rings is 1. The normalized spacial score (nSPS) is 20.4. The average molecular weight is 188 g/mol. The van der Waals surface area contributed by atoms with Gasteiger partial charge in [-0.25, -0.2) is 0 Å². The van der Waals surface area contributed by atoms with E-state index in [1.807, 2.05) is 0 Å². The summed E-state index contributed by atoms with van der Waals surface area (Å²) in [7, 11) is 0. The van der Waals surface area contributed by atoms with Crippen LogP contribution in [0.2, 0.25) is 0 Å². The van der Waals surface area contributed by atoms with E-state index in [-0.39, 0.29) is 6.67 Å². The van der Waals surface area contributed by atoms with Gasteiger partial charge in [0.1, 0.15) is 6.29 Å². The molecule has 1 fully saturated rings. The zero-order valence-corrected chi connectivity index (χ0v) is 7.91. The summed E-state index contributed by atoms with van der Waals surface area (Å²) in [6.45, 7) is 4.97. The quantitative estimate of drug-likeness (QED) is 0.574. The Bertz CT molecular complexity index is 147. The van der Waals surface area contributed by atoms with Crippen LogP contribution in [-0.2, 0) is 4.79 Å². The second kappa shape index (κ2) is 6.05. The molecule has 0 aromatic carbocycles. The van der Waals surface area contributed by atoms with Crippen molar-refractivity contribution in [2.75, 3.05) is 45.9 Å². The molecule has 0 radical (unpaired) electrons. The molecular weight excluding hydrogens is 171 g/mol. The fourth-order valence-electron chi connectivity index (χ4n) is 1.58. The van der Waals surface area contributed by atoms with Gasteiger partial charge >= 0.3 is 0 Å². The first kappa shape index (κ1) is 10.6. The maximum absolute atomic E-state index is 11.9. The highest BCUT2D eigenvalue weighted by Gasteiger charge is 2.15. The first-order valence-electron chi connectivity index (χ1n) is 4.81. The van der Waals surface area contributed by atoms with E-state index in [0.717, 1.165) is 39.0 Å². The molecule has 13 heavy (non-hydrogen) atoms. The Kier molecular flexibility index (Phi) is 4.93. The van der Waals surface area contributed by atoms with E-state index in [0.29, 0.717) is 13.0 Å². The molecule has 1 aliphatic heterocycles. The number of hydrogen-bond donors (Lipinski definition) is 0. The highest BCUT2D eigenvalue weighted by Crippen LogP contribution is 2.01. The van der Waals surface area contributed by atoms with Gasteiger partial charge in [0.2, 0.25) is 0 Å². The average Bonchev–Trinajstić information content (AvgIpc) is 2.17. The van der Waals surface area contributed by atoms with Crippen LogP contribution in [0.25, 0.3) is 0 Å². The highest BCUT2D eigenvalue weighted by molar-refractivity contribution is 5.51. The number of alkyl halides is 1. The number of halogens is 1. The summed E-state index contributed by atoms with van der Waals surface area (Å²) < 4.78 is 11.9. The summed E-state index contributed by atoms with van der Waals surface area (Å²) in [5.74, 6) is 0. The molecule has 0 amide bonds. The maximum Gasteiger partial charge on any atom is 0.133 e. The predicted molar refractivity (Wildman–Crippen MR) is 49.5 cm³/mol. The van der Waals surface area contributed by atoms with Crippen molar-refractivity contribution in [2.24, 2.45) is 0 Å². The van der Waals surface area contributed by atoms with Gasteiger partial charge in [0.15, 0.2) is 0 Å². The van der Waals surface area contributed by atoms with Crippen LogP contribution < -0.4 is 0 Å². The minimum atomic E-state index is -0.228. The molecule has 0 aromatic heterocycles. The number of carbonyl (C=O) groups excluding carboxylic acids is 1. The Balaban J connectivity index is 2.11. The van der Waals surface area contributed by atoms with Crippen LogP contribution >= 0.6 is 0 Å². The van der Waals surface area contributed by atoms with Crippen LogP contribution in [0, 0.1) is 0 Å². The molecule has 0 aliphatic carbocycles. The molecule has 0 spiro atoms. The van der Waals surface area contributed by atoms with Crippen LogP contribution in [0.1, 0.15) is 6.42 Å². The van der Waals surface area contributed by atoms with Gasteiger partial charge in [-0.1, -0.05) is 0 Å². The third kappa shape index (κ3) is 3.83. The third-order valence-electron chi connectivity index (χ3n) is 2.41. The van der Waals surface area contributed by atoms with E-state index in [1.165, 1.54) is 0 Å². The summed E-state index contributed by atoms with van der Waals surface area (Å²) in [5.41, 5.74) is 0. The van der Waals surface area contributed by atoms with E-state index < -0.39 is 0 Å². The molecule has 0 N–H and O–H groups in total. The van der Waals surface area contributed by atoms with Gasteiger partial charge in [-0.3, -0.25) is 9.29 Å². The van der Waals surface area contributed by atoms with Crippen LogP contribution in [-0.4, -0.2) is 62.0 Å². The molecule has 1 saturated heterocycles. The lowest BCUT2D eigenvalue weighted by atomic mass is 10.3. The maximum atomic E-state index is 11.9. The molecule has 76 valence electrons. The molecule has 3 nitrogen and oxygen atoms in total. The zero-order chi connectivity index (χ0) is 9.52. The minimum absolute atomic E-state index is 0.228. The van der Waals surface area contributed by atoms with E-state index in [2.05, 4.69) is 9.80 Å². The topological polar surface area (TPSA) is 23.6 Å². The first-order chi connectivity index (χ1) is 6.36. The van der Waals surface area contributed by atoms with Crippen molar-refractivity contribution in [2.45, 2.75) is 6.42 Å². The second-order valence-electron chi connectivity index (χ2n) is 3.35. The molecule has 0 unspecified atom stereocenters. The van der Waals surface area contributed by atoms with Crippen LogP contribution in [0.15, 0.2) is 0 Å². The Labute approximate surface area is 78.5 Å². The third-order valence-corrected chi connectivity index (χ3v) is 2.41. The zero-order valence-electron chi connectivity index (χ0n) is 7.91. The largest absolute Gasteiger partial charge is 0.302 e. The number of aldehydes is 1. The van der Waals surface area contributed by atoms with Gasteiger partial charge < -0.3 is 9.69 Å². The van der Waals surface area contributed by atoms with Gasteiger partial charge in [0, 0.05) is 32.7 Å². The summed E-state index contributed by atoms with van der Waals surface area (Å²) in [6.07, 6.45) is 1.57. The van der Waals surface area contributed by atoms with Gasteiger partial charge in [-0.15, -0.1) is 0 Å². The van der Waals surface area contributed by atoms with Crippen LogP contribution in [0.4, 0.5) is 4.39 Å². The lowest BCUT2D eigenvalue weighted by molar-refractivity contribution is -0.109. The van der Waals surface area contributed by atoms with Crippen molar-refractivity contribution in [1.82, 2.24) is 9.80 Å². The van der Waals surface area contributed by atoms with Gasteiger partial charge in [-0.05, 0) is 6.42 Å². The Morgan fingerprint density at radius 2 is 1.77 bits per heavy atom. The smallest absolute Gasteiger partial charge is 0.133 e. The van der Waals surface area contributed by atoms with Crippen molar-refractivity contribution in [1.29, 1.82) is 0 Å². The highest BCUT2D eigenvalue weighted by atomic mass is 19.1. The molecule has 0 atom stereocenters. The predicted octanol–water partition coefficient (Wildman–Crippen LogP) is 0.162. The fourth-order valence-corrected chi connectivity index (χ4v) is 1.58. The molecule has 0 saturated carbocycles. The van der Waals surface area contributed by atoms with Gasteiger partial charge in [-0.2, -0.15) is 0 Å². The lowest BCUT2D eigenvalue weighted by Crippen LogP contribution is -2.47. The minimum Gasteiger partial charge on any atom is -0.302 e. The summed E-state index contributed by atoms with van der Waals surface area (Å²) in [5, 5.41) is 0. The fraction of sp³-hybridized carbons (Fsp3) is 0.889. The van der Waals surface area contributed by atoms with Crippen LogP contribution in [0.5, 0.6) is 0 Å². The van der Waals surface area contributed by atoms with Gasteiger partial charge in [0.25, 0.3) is 0 Å². The Hall–Kier alpha value is -0.480. The second-order valence-corrected chi connectivity index (χ2v) is 3.35. The van der Waals surface area contributed by atoms with Crippen molar-refractivity contribution >= 4 is 6.29 Å². The SMILES string of the molecule is O=CCN1CCN(CCCF)CC1.